The number of methoxy groups -OCH3 is 1. The minimum atomic E-state index is 0.105. The van der Waals surface area contributed by atoms with Crippen molar-refractivity contribution in [2.75, 3.05) is 13.7 Å². The number of hydrogen-bond donors (Lipinski definition) is 1. The van der Waals surface area contributed by atoms with Crippen LogP contribution in [0.5, 0.6) is 5.75 Å². The number of hydrogen-bond acceptors (Lipinski definition) is 2. The molecule has 1 aromatic rings. The molecule has 0 aromatic heterocycles. The van der Waals surface area contributed by atoms with E-state index in [-0.39, 0.29) is 5.41 Å². The molecule has 0 amide bonds. The third kappa shape index (κ3) is 4.24. The average Bonchev–Trinajstić information content (AvgIpc) is 2.38. The van der Waals surface area contributed by atoms with E-state index in [4.69, 9.17) is 10.5 Å². The van der Waals surface area contributed by atoms with Crippen LogP contribution in [0.1, 0.15) is 64.0 Å². The van der Waals surface area contributed by atoms with E-state index in [1.54, 1.807) is 7.11 Å². The first kappa shape index (κ1) is 16.0. The van der Waals surface area contributed by atoms with Crippen LogP contribution in [0.3, 0.4) is 0 Å². The first-order valence-electron chi connectivity index (χ1n) is 7.32. The number of rotatable bonds is 6. The summed E-state index contributed by atoms with van der Waals surface area (Å²) >= 11 is 0. The number of nitrogens with two attached hydrogens (primary N) is 1. The molecule has 1 rings (SSSR count). The molecule has 108 valence electrons. The average molecular weight is 263 g/mol. The summed E-state index contributed by atoms with van der Waals surface area (Å²) in [4.78, 5) is 0. The Kier molecular flexibility index (Phi) is 5.86. The molecule has 1 atom stereocenters. The molecule has 1 aromatic carbocycles. The molecule has 0 radical (unpaired) electrons. The summed E-state index contributed by atoms with van der Waals surface area (Å²) in [6, 6.07) is 6.64. The Bertz CT molecular complexity index is 393. The van der Waals surface area contributed by atoms with Crippen LogP contribution < -0.4 is 10.5 Å². The second kappa shape index (κ2) is 6.95. The maximum Gasteiger partial charge on any atom is 0.122 e. The molecule has 2 heteroatoms. The molecule has 0 heterocycles. The molecule has 0 aliphatic heterocycles. The van der Waals surface area contributed by atoms with Gasteiger partial charge in [-0.05, 0) is 54.3 Å². The van der Waals surface area contributed by atoms with Gasteiger partial charge >= 0.3 is 0 Å². The Morgan fingerprint density at radius 1 is 1.26 bits per heavy atom. The van der Waals surface area contributed by atoms with E-state index in [1.165, 1.54) is 17.5 Å². The van der Waals surface area contributed by atoms with Gasteiger partial charge in [-0.25, -0.2) is 0 Å². The molecule has 2 nitrogen and oxygen atoms in total. The van der Waals surface area contributed by atoms with Gasteiger partial charge in [0.05, 0.1) is 7.11 Å². The van der Waals surface area contributed by atoms with E-state index >= 15 is 0 Å². The summed E-state index contributed by atoms with van der Waals surface area (Å²) in [6.07, 6.45) is 3.42. The third-order valence-corrected chi connectivity index (χ3v) is 3.75. The molecule has 0 bridgehead atoms. The van der Waals surface area contributed by atoms with Crippen molar-refractivity contribution in [1.29, 1.82) is 0 Å². The fourth-order valence-corrected chi connectivity index (χ4v) is 2.54. The highest BCUT2D eigenvalue weighted by molar-refractivity contribution is 5.42. The van der Waals surface area contributed by atoms with Crippen molar-refractivity contribution in [2.24, 2.45) is 5.73 Å². The molecular weight excluding hydrogens is 234 g/mol. The highest BCUT2D eigenvalue weighted by Gasteiger charge is 2.20. The highest BCUT2D eigenvalue weighted by atomic mass is 16.5. The van der Waals surface area contributed by atoms with Crippen molar-refractivity contribution in [1.82, 2.24) is 0 Å². The van der Waals surface area contributed by atoms with Gasteiger partial charge < -0.3 is 10.5 Å². The summed E-state index contributed by atoms with van der Waals surface area (Å²) < 4.78 is 5.50. The van der Waals surface area contributed by atoms with Crippen LogP contribution in [0, 0.1) is 0 Å². The fourth-order valence-electron chi connectivity index (χ4n) is 2.54. The normalized spacial score (nSPS) is 13.4. The van der Waals surface area contributed by atoms with Crippen LogP contribution in [0.2, 0.25) is 0 Å². The van der Waals surface area contributed by atoms with Gasteiger partial charge in [0.2, 0.25) is 0 Å². The molecule has 0 aliphatic carbocycles. The second-order valence-corrected chi connectivity index (χ2v) is 6.25. The van der Waals surface area contributed by atoms with Crippen molar-refractivity contribution in [2.45, 2.75) is 58.3 Å². The van der Waals surface area contributed by atoms with Crippen LogP contribution in [-0.2, 0) is 5.41 Å². The van der Waals surface area contributed by atoms with E-state index in [2.05, 4.69) is 45.9 Å². The predicted molar refractivity (Wildman–Crippen MR) is 83.0 cm³/mol. The van der Waals surface area contributed by atoms with E-state index in [0.29, 0.717) is 5.92 Å². The molecule has 0 spiro atoms. The lowest BCUT2D eigenvalue weighted by Gasteiger charge is -2.25. The summed E-state index contributed by atoms with van der Waals surface area (Å²) in [5, 5.41) is 0. The first-order chi connectivity index (χ1) is 8.93. The van der Waals surface area contributed by atoms with Gasteiger partial charge in [-0.3, -0.25) is 0 Å². The molecule has 1 unspecified atom stereocenters. The largest absolute Gasteiger partial charge is 0.496 e. The van der Waals surface area contributed by atoms with Crippen molar-refractivity contribution in [3.05, 3.63) is 29.3 Å². The van der Waals surface area contributed by atoms with Crippen LogP contribution in [0.4, 0.5) is 0 Å². The van der Waals surface area contributed by atoms with Crippen LogP contribution in [0.25, 0.3) is 0 Å². The summed E-state index contributed by atoms with van der Waals surface area (Å²) in [6.45, 7) is 9.72. The minimum absolute atomic E-state index is 0.105. The Balaban J connectivity index is 3.09. The molecule has 19 heavy (non-hydrogen) atoms. The lowest BCUT2D eigenvalue weighted by atomic mass is 9.82. The zero-order valence-corrected chi connectivity index (χ0v) is 13.1. The van der Waals surface area contributed by atoms with Gasteiger partial charge in [-0.15, -0.1) is 0 Å². The number of benzene rings is 1. The van der Waals surface area contributed by atoms with Crippen molar-refractivity contribution in [3.8, 4) is 5.75 Å². The molecule has 2 N–H and O–H groups in total. The standard InChI is InChI=1S/C17H29NO/c1-6-13(8-7-11-18)14-9-10-16(19-5)15(12-14)17(2,3)4/h9-10,12-13H,6-8,11,18H2,1-5H3. The predicted octanol–water partition coefficient (Wildman–Crippen LogP) is 4.23. The van der Waals surface area contributed by atoms with E-state index in [1.807, 2.05) is 0 Å². The number of ether oxygens (including phenoxy) is 1. The van der Waals surface area contributed by atoms with Crippen molar-refractivity contribution < 1.29 is 4.74 Å². The van der Waals surface area contributed by atoms with Crippen LogP contribution >= 0.6 is 0 Å². The molecule has 0 saturated heterocycles. The Hall–Kier alpha value is -1.02. The minimum Gasteiger partial charge on any atom is -0.496 e. The molecular formula is C17H29NO. The van der Waals surface area contributed by atoms with Gasteiger partial charge in [0.15, 0.2) is 0 Å². The van der Waals surface area contributed by atoms with Crippen molar-refractivity contribution in [3.63, 3.8) is 0 Å². The van der Waals surface area contributed by atoms with Gasteiger partial charge in [0.25, 0.3) is 0 Å². The topological polar surface area (TPSA) is 35.2 Å². The lowest BCUT2D eigenvalue weighted by molar-refractivity contribution is 0.397. The summed E-state index contributed by atoms with van der Waals surface area (Å²) in [7, 11) is 1.75. The Labute approximate surface area is 118 Å². The summed E-state index contributed by atoms with van der Waals surface area (Å²) in [5.74, 6) is 1.60. The molecule has 0 saturated carbocycles. The molecule has 0 fully saturated rings. The summed E-state index contributed by atoms with van der Waals surface area (Å²) in [5.41, 5.74) is 8.45. The Morgan fingerprint density at radius 2 is 1.95 bits per heavy atom. The Morgan fingerprint density at radius 3 is 2.42 bits per heavy atom. The lowest BCUT2D eigenvalue weighted by Crippen LogP contribution is -2.14. The van der Waals surface area contributed by atoms with E-state index in [0.717, 1.165) is 25.1 Å². The maximum atomic E-state index is 5.63. The monoisotopic (exact) mass is 263 g/mol. The smallest absolute Gasteiger partial charge is 0.122 e. The second-order valence-electron chi connectivity index (χ2n) is 6.25. The van der Waals surface area contributed by atoms with E-state index in [9.17, 15) is 0 Å². The van der Waals surface area contributed by atoms with Gasteiger partial charge in [0.1, 0.15) is 5.75 Å². The van der Waals surface area contributed by atoms with Gasteiger partial charge in [-0.2, -0.15) is 0 Å². The van der Waals surface area contributed by atoms with Crippen LogP contribution in [-0.4, -0.2) is 13.7 Å². The quantitative estimate of drug-likeness (QED) is 0.833. The first-order valence-corrected chi connectivity index (χ1v) is 7.32. The van der Waals surface area contributed by atoms with E-state index < -0.39 is 0 Å². The molecule has 0 aliphatic rings. The highest BCUT2D eigenvalue weighted by Crippen LogP contribution is 2.35. The van der Waals surface area contributed by atoms with Crippen LogP contribution in [0.15, 0.2) is 18.2 Å². The third-order valence-electron chi connectivity index (χ3n) is 3.75. The zero-order valence-electron chi connectivity index (χ0n) is 13.1. The van der Waals surface area contributed by atoms with Gasteiger partial charge in [0, 0.05) is 0 Å². The van der Waals surface area contributed by atoms with Crippen molar-refractivity contribution >= 4 is 0 Å². The maximum absolute atomic E-state index is 5.63. The zero-order chi connectivity index (χ0) is 14.5. The fraction of sp³-hybridized carbons (Fsp3) is 0.647. The van der Waals surface area contributed by atoms with Gasteiger partial charge in [-0.1, -0.05) is 39.8 Å². The SMILES string of the molecule is CCC(CCCN)c1ccc(OC)c(C(C)(C)C)c1.